The maximum Gasteiger partial charge on any atom is 0.338 e. The van der Waals surface area contributed by atoms with Gasteiger partial charge in [0.05, 0.1) is 4.11 Å². The summed E-state index contributed by atoms with van der Waals surface area (Å²) in [5.41, 5.74) is -1.69. The molecule has 0 fully saturated rings. The van der Waals surface area contributed by atoms with Crippen LogP contribution in [0.15, 0.2) is 60.6 Å². The lowest BCUT2D eigenvalue weighted by Crippen LogP contribution is -2.08. The van der Waals surface area contributed by atoms with Crippen LogP contribution in [0.2, 0.25) is 0 Å². The van der Waals surface area contributed by atoms with E-state index in [1.54, 1.807) is 0 Å². The third-order valence-electron chi connectivity index (χ3n) is 2.49. The van der Waals surface area contributed by atoms with E-state index < -0.39 is 83.9 Å². The van der Waals surface area contributed by atoms with Crippen LogP contribution >= 0.6 is 0 Å². The highest BCUT2D eigenvalue weighted by Gasteiger charge is 2.09. The summed E-state index contributed by atoms with van der Waals surface area (Å²) in [7, 11) is 0. The molecule has 0 heterocycles. The van der Waals surface area contributed by atoms with Crippen molar-refractivity contribution < 1.29 is 49.0 Å². The Morgan fingerprint density at radius 2 is 1.43 bits per heavy atom. The largest absolute Gasteiger partial charge is 0.423 e. The van der Waals surface area contributed by atoms with Crippen LogP contribution in [0, 0.1) is 23.3 Å². The lowest BCUT2D eigenvalue weighted by Gasteiger charge is -2.03. The van der Waals surface area contributed by atoms with Crippen LogP contribution in [0.5, 0.6) is 11.5 Å². The molecule has 4 nitrogen and oxygen atoms in total. The van der Waals surface area contributed by atoms with Crippen LogP contribution in [0.1, 0.15) is 26.0 Å². The van der Waals surface area contributed by atoms with Crippen molar-refractivity contribution in [1.82, 2.24) is 0 Å². The number of halogens is 4. The van der Waals surface area contributed by atoms with Gasteiger partial charge in [0, 0.05) is 31.5 Å². The van der Waals surface area contributed by atoms with E-state index in [9.17, 15) is 27.2 Å². The Kier molecular flexibility index (Phi) is 4.35. The minimum Gasteiger partial charge on any atom is -0.423 e. The standard InChI is InChI=1S/2C10H8F2O2/c2*1-6(2)10(13)14-7-3-4-8(11)9(12)5-7/h2*3-5H,1H2,2H3/i2D3,3D,4D,5D;2D3. The maximum absolute atomic E-state index is 13.2. The SMILES string of the molecule is [2H]C([2H])([2H])C(=C)C(=O)Oc1ccc(F)c(F)c1.[2H]c1c([2H])c(OC(=O)C(=C)C([2H])([2H])[2H])c([2H])c(F)c1F. The van der Waals surface area contributed by atoms with E-state index in [-0.39, 0.29) is 5.75 Å². The predicted octanol–water partition coefficient (Wildman–Crippen LogP) is 4.89. The molecule has 2 aromatic rings. The molecule has 0 saturated carbocycles. The predicted molar refractivity (Wildman–Crippen MR) is 93.6 cm³/mol. The van der Waals surface area contributed by atoms with E-state index in [1.165, 1.54) is 0 Å². The van der Waals surface area contributed by atoms with Gasteiger partial charge in [0.2, 0.25) is 0 Å². The second-order valence-electron chi connectivity index (χ2n) is 4.64. The molecule has 0 bridgehead atoms. The number of esters is 2. The van der Waals surface area contributed by atoms with Gasteiger partial charge < -0.3 is 9.47 Å². The molecule has 148 valence electrons. The molecule has 0 radical (unpaired) electrons. The first-order chi connectivity index (χ1) is 16.7. The van der Waals surface area contributed by atoms with Gasteiger partial charge in [-0.2, -0.15) is 0 Å². The number of hydrogen-bond donors (Lipinski definition) is 0. The number of carbonyl (C=O) groups excluding carboxylic acids is 2. The summed E-state index contributed by atoms with van der Waals surface area (Å²) in [4.78, 5) is 22.7. The van der Waals surface area contributed by atoms with Gasteiger partial charge in [-0.3, -0.25) is 0 Å². The van der Waals surface area contributed by atoms with Gasteiger partial charge >= 0.3 is 11.9 Å². The zero-order chi connectivity index (χ0) is 29.0. The zero-order valence-corrected chi connectivity index (χ0v) is 13.8. The van der Waals surface area contributed by atoms with Gasteiger partial charge in [-0.15, -0.1) is 0 Å². The van der Waals surface area contributed by atoms with E-state index in [4.69, 9.17) is 12.3 Å². The van der Waals surface area contributed by atoms with Gasteiger partial charge in [-0.25, -0.2) is 27.2 Å². The van der Waals surface area contributed by atoms with Crippen molar-refractivity contribution in [3.63, 3.8) is 0 Å². The second kappa shape index (κ2) is 10.1. The molecule has 2 rings (SSSR count). The quantitative estimate of drug-likeness (QED) is 0.315. The van der Waals surface area contributed by atoms with Crippen LogP contribution in [-0.4, -0.2) is 11.9 Å². The number of benzene rings is 2. The molecule has 2 aromatic carbocycles. The normalized spacial score (nSPS) is 15.2. The Labute approximate surface area is 171 Å². The summed E-state index contributed by atoms with van der Waals surface area (Å²) in [5, 5.41) is 0. The molecule has 0 aliphatic rings. The lowest BCUT2D eigenvalue weighted by atomic mass is 10.3. The third-order valence-corrected chi connectivity index (χ3v) is 2.49. The monoisotopic (exact) mass is 405 g/mol. The highest BCUT2D eigenvalue weighted by Crippen LogP contribution is 2.17. The van der Waals surface area contributed by atoms with Gasteiger partial charge in [0.1, 0.15) is 11.5 Å². The van der Waals surface area contributed by atoms with E-state index in [1.807, 2.05) is 0 Å². The molecule has 0 aromatic heterocycles. The first-order valence-electron chi connectivity index (χ1n) is 11.4. The van der Waals surface area contributed by atoms with E-state index in [2.05, 4.69) is 22.6 Å². The average Bonchev–Trinajstić information content (AvgIpc) is 2.79. The van der Waals surface area contributed by atoms with Gasteiger partial charge in [0.15, 0.2) is 23.3 Å². The lowest BCUT2D eigenvalue weighted by molar-refractivity contribution is -0.131. The smallest absolute Gasteiger partial charge is 0.338 e. The van der Waals surface area contributed by atoms with Crippen molar-refractivity contribution in [3.8, 4) is 11.5 Å². The van der Waals surface area contributed by atoms with Crippen LogP contribution in [-0.2, 0) is 9.59 Å². The summed E-state index contributed by atoms with van der Waals surface area (Å²) in [6, 6.07) is -1.10. The van der Waals surface area contributed by atoms with E-state index in [0.717, 1.165) is 12.1 Å². The van der Waals surface area contributed by atoms with Crippen molar-refractivity contribution in [2.75, 3.05) is 0 Å². The van der Waals surface area contributed by atoms with E-state index >= 15 is 0 Å². The van der Waals surface area contributed by atoms with Crippen molar-refractivity contribution in [1.29, 1.82) is 0 Å². The van der Waals surface area contributed by atoms with Crippen LogP contribution in [0.3, 0.4) is 0 Å². The molecular weight excluding hydrogens is 380 g/mol. The van der Waals surface area contributed by atoms with Crippen molar-refractivity contribution >= 4 is 11.9 Å². The van der Waals surface area contributed by atoms with Crippen molar-refractivity contribution in [2.24, 2.45) is 0 Å². The van der Waals surface area contributed by atoms with Crippen molar-refractivity contribution in [3.05, 3.63) is 83.9 Å². The Bertz CT molecular complexity index is 1230. The molecule has 0 unspecified atom stereocenters. The summed E-state index contributed by atoms with van der Waals surface area (Å²) >= 11 is 0. The fourth-order valence-corrected chi connectivity index (χ4v) is 1.27. The Hall–Kier alpha value is -3.42. The molecule has 0 aliphatic carbocycles. The van der Waals surface area contributed by atoms with Gasteiger partial charge in [0.25, 0.3) is 0 Å². The Morgan fingerprint density at radius 3 is 1.96 bits per heavy atom. The fourth-order valence-electron chi connectivity index (χ4n) is 1.27. The first kappa shape index (κ1) is 12.1. The zero-order valence-electron chi connectivity index (χ0n) is 22.8. The molecule has 8 heteroatoms. The third kappa shape index (κ3) is 7.06. The minimum absolute atomic E-state index is 0.292. The van der Waals surface area contributed by atoms with E-state index in [0.29, 0.717) is 6.07 Å². The molecule has 0 N–H and O–H groups in total. The number of ether oxygens (including phenoxy) is 2. The topological polar surface area (TPSA) is 52.6 Å². The van der Waals surface area contributed by atoms with Crippen LogP contribution in [0.4, 0.5) is 17.6 Å². The molecule has 0 atom stereocenters. The summed E-state index contributed by atoms with van der Waals surface area (Å²) < 4.78 is 124. The molecular formula is C20H16F4O4. The Balaban J connectivity index is 0.000000375. The maximum atomic E-state index is 13.2. The average molecular weight is 405 g/mol. The van der Waals surface area contributed by atoms with Gasteiger partial charge in [-0.05, 0) is 37.9 Å². The highest BCUT2D eigenvalue weighted by molar-refractivity contribution is 5.89. The number of carbonyl (C=O) groups is 2. The number of hydrogen-bond acceptors (Lipinski definition) is 4. The summed E-state index contributed by atoms with van der Waals surface area (Å²) in [6.07, 6.45) is 0. The second-order valence-corrected chi connectivity index (χ2v) is 4.64. The Morgan fingerprint density at radius 1 is 0.857 bits per heavy atom. The van der Waals surface area contributed by atoms with Crippen molar-refractivity contribution in [2.45, 2.75) is 13.7 Å². The molecule has 28 heavy (non-hydrogen) atoms. The molecule has 0 aliphatic heterocycles. The molecule has 0 spiro atoms. The minimum atomic E-state index is -2.87. The van der Waals surface area contributed by atoms with Gasteiger partial charge in [-0.1, -0.05) is 13.2 Å². The first-order valence-corrected chi connectivity index (χ1v) is 6.93. The molecule has 0 saturated heterocycles. The molecule has 0 amide bonds. The summed E-state index contributed by atoms with van der Waals surface area (Å²) in [5.74, 6) is -9.85. The number of rotatable bonds is 4. The highest BCUT2D eigenvalue weighted by atomic mass is 19.2. The van der Waals surface area contributed by atoms with Crippen LogP contribution in [0.25, 0.3) is 0 Å². The fraction of sp³-hybridized carbons (Fsp3) is 0.100. The summed E-state index contributed by atoms with van der Waals surface area (Å²) in [6.45, 7) is 0.471. The van der Waals surface area contributed by atoms with Crippen LogP contribution < -0.4 is 9.47 Å².